The fraction of sp³-hybridized carbons (Fsp3) is 0.400. The minimum atomic E-state index is 1.04. The summed E-state index contributed by atoms with van der Waals surface area (Å²) < 4.78 is 0. The normalized spacial score (nSPS) is 11.2. The Balaban J connectivity index is 0.00000106. The van der Waals surface area contributed by atoms with Gasteiger partial charge >= 0.3 is 0 Å². The summed E-state index contributed by atoms with van der Waals surface area (Å²) in [5.74, 6) is 0. The summed E-state index contributed by atoms with van der Waals surface area (Å²) in [4.78, 5) is 4.32. The molecule has 0 atom stereocenters. The van der Waals surface area contributed by atoms with Crippen molar-refractivity contribution in [3.8, 4) is 0 Å². The van der Waals surface area contributed by atoms with Gasteiger partial charge in [0, 0.05) is 11.8 Å². The van der Waals surface area contributed by atoms with Gasteiger partial charge in [-0.25, -0.2) is 0 Å². The summed E-state index contributed by atoms with van der Waals surface area (Å²) in [6.45, 7) is 10.1. The lowest BCUT2D eigenvalue weighted by atomic mass is 10.1. The number of benzene rings is 1. The fourth-order valence-electron chi connectivity index (χ4n) is 1.41. The molecule has 0 aliphatic rings. The minimum Gasteiger partial charge on any atom is -0.261 e. The van der Waals surface area contributed by atoms with Crippen LogP contribution in [0.15, 0.2) is 35.3 Å². The molecule has 1 rings (SSSR count). The molecular formula is C15H23N. The molecule has 0 unspecified atom stereocenters. The molecule has 0 bridgehead atoms. The molecule has 0 aliphatic carbocycles. The first kappa shape index (κ1) is 14.6. The largest absolute Gasteiger partial charge is 0.261 e. The summed E-state index contributed by atoms with van der Waals surface area (Å²) in [6, 6.07) is 8.53. The van der Waals surface area contributed by atoms with Gasteiger partial charge in [-0.1, -0.05) is 45.0 Å². The average Bonchev–Trinajstić information content (AvgIpc) is 2.38. The smallest absolute Gasteiger partial charge is 0.0655 e. The summed E-state index contributed by atoms with van der Waals surface area (Å²) >= 11 is 0. The molecule has 0 heterocycles. The van der Waals surface area contributed by atoms with E-state index in [9.17, 15) is 0 Å². The van der Waals surface area contributed by atoms with E-state index in [-0.39, 0.29) is 0 Å². The van der Waals surface area contributed by atoms with Crippen LogP contribution in [0.25, 0.3) is 5.70 Å². The summed E-state index contributed by atoms with van der Waals surface area (Å²) in [5.41, 5.74) is 3.60. The molecule has 1 aromatic carbocycles. The van der Waals surface area contributed by atoms with Crippen LogP contribution in [0.4, 0.5) is 0 Å². The van der Waals surface area contributed by atoms with E-state index < -0.39 is 0 Å². The Morgan fingerprint density at radius 1 is 1.25 bits per heavy atom. The van der Waals surface area contributed by atoms with Crippen LogP contribution in [0, 0.1) is 0 Å². The summed E-state index contributed by atoms with van der Waals surface area (Å²) in [7, 11) is 0. The Morgan fingerprint density at radius 3 is 2.44 bits per heavy atom. The number of aliphatic imine (C=N–C) groups is 1. The third-order valence-electron chi connectivity index (χ3n) is 2.17. The number of hydrogen-bond acceptors (Lipinski definition) is 1. The molecule has 0 saturated carbocycles. The lowest BCUT2D eigenvalue weighted by Crippen LogP contribution is -1.85. The van der Waals surface area contributed by atoms with E-state index >= 15 is 0 Å². The van der Waals surface area contributed by atoms with Crippen LogP contribution in [0.5, 0.6) is 0 Å². The van der Waals surface area contributed by atoms with Crippen molar-refractivity contribution in [3.63, 3.8) is 0 Å². The van der Waals surface area contributed by atoms with Crippen molar-refractivity contribution in [1.82, 2.24) is 0 Å². The van der Waals surface area contributed by atoms with Gasteiger partial charge in [-0.3, -0.25) is 4.99 Å². The highest BCUT2D eigenvalue weighted by molar-refractivity contribution is 5.72. The van der Waals surface area contributed by atoms with Crippen LogP contribution in [-0.2, 0) is 6.42 Å². The van der Waals surface area contributed by atoms with Crippen LogP contribution in [0.1, 0.15) is 45.7 Å². The quantitative estimate of drug-likeness (QED) is 0.649. The van der Waals surface area contributed by atoms with E-state index in [4.69, 9.17) is 0 Å². The Labute approximate surface area is 99.9 Å². The predicted octanol–water partition coefficient (Wildman–Crippen LogP) is 4.73. The summed E-state index contributed by atoms with van der Waals surface area (Å²) in [5, 5.41) is 0. The molecule has 0 spiro atoms. The van der Waals surface area contributed by atoms with Crippen molar-refractivity contribution in [2.24, 2.45) is 4.99 Å². The minimum absolute atomic E-state index is 1.04. The standard InChI is InChI=1S/C13H17N.C2H6/c1-4-11-8-7-9-12(10-11)13(5-2)14-6-3;1-2/h5-10H,4H2,1-3H3;1-2H3/b13-5-,14-6?;. The third kappa shape index (κ3) is 4.43. The van der Waals surface area contributed by atoms with Crippen LogP contribution in [-0.4, -0.2) is 6.21 Å². The molecule has 0 amide bonds. The van der Waals surface area contributed by atoms with Gasteiger partial charge in [0.25, 0.3) is 0 Å². The first-order valence-corrected chi connectivity index (χ1v) is 6.06. The van der Waals surface area contributed by atoms with Gasteiger partial charge in [0.05, 0.1) is 5.70 Å². The number of allylic oxidation sites excluding steroid dienone is 1. The fourth-order valence-corrected chi connectivity index (χ4v) is 1.41. The number of hydrogen-bond donors (Lipinski definition) is 0. The molecule has 0 saturated heterocycles. The Kier molecular flexibility index (Phi) is 8.14. The highest BCUT2D eigenvalue weighted by atomic mass is 14.7. The monoisotopic (exact) mass is 217 g/mol. The van der Waals surface area contributed by atoms with Crippen molar-refractivity contribution >= 4 is 11.9 Å². The highest BCUT2D eigenvalue weighted by Gasteiger charge is 1.98. The molecule has 0 aliphatic heterocycles. The van der Waals surface area contributed by atoms with Gasteiger partial charge in [0.15, 0.2) is 0 Å². The van der Waals surface area contributed by atoms with Gasteiger partial charge in [-0.15, -0.1) is 0 Å². The maximum absolute atomic E-state index is 4.32. The van der Waals surface area contributed by atoms with Crippen molar-refractivity contribution in [2.75, 3.05) is 0 Å². The first-order chi connectivity index (χ1) is 7.81. The SMILES string of the molecule is CC.CC=N/C(=C\C)c1cccc(CC)c1. The first-order valence-electron chi connectivity index (χ1n) is 6.06. The molecule has 0 fully saturated rings. The van der Waals surface area contributed by atoms with Crippen LogP contribution in [0.3, 0.4) is 0 Å². The van der Waals surface area contributed by atoms with Gasteiger partial charge in [0.2, 0.25) is 0 Å². The van der Waals surface area contributed by atoms with E-state index in [1.165, 1.54) is 11.1 Å². The van der Waals surface area contributed by atoms with Gasteiger partial charge < -0.3 is 0 Å². The van der Waals surface area contributed by atoms with Crippen molar-refractivity contribution in [1.29, 1.82) is 0 Å². The zero-order valence-corrected chi connectivity index (χ0v) is 11.1. The molecule has 88 valence electrons. The van der Waals surface area contributed by atoms with E-state index in [1.807, 2.05) is 40.0 Å². The third-order valence-corrected chi connectivity index (χ3v) is 2.17. The molecule has 16 heavy (non-hydrogen) atoms. The lowest BCUT2D eigenvalue weighted by molar-refractivity contribution is 1.14. The van der Waals surface area contributed by atoms with Crippen molar-refractivity contribution in [2.45, 2.75) is 41.0 Å². The van der Waals surface area contributed by atoms with E-state index in [2.05, 4.69) is 36.2 Å². The topological polar surface area (TPSA) is 12.4 Å². The van der Waals surface area contributed by atoms with E-state index in [0.29, 0.717) is 0 Å². The van der Waals surface area contributed by atoms with E-state index in [1.54, 1.807) is 0 Å². The van der Waals surface area contributed by atoms with Crippen LogP contribution in [0.2, 0.25) is 0 Å². The van der Waals surface area contributed by atoms with Gasteiger partial charge in [-0.05, 0) is 31.9 Å². The second-order valence-electron chi connectivity index (χ2n) is 3.12. The summed E-state index contributed by atoms with van der Waals surface area (Å²) in [6.07, 6.45) is 4.93. The zero-order chi connectivity index (χ0) is 12.4. The number of aryl methyl sites for hydroxylation is 1. The Bertz CT molecular complexity index is 348. The Hall–Kier alpha value is -1.37. The molecule has 0 aromatic heterocycles. The maximum Gasteiger partial charge on any atom is 0.0655 e. The zero-order valence-electron chi connectivity index (χ0n) is 11.1. The maximum atomic E-state index is 4.32. The van der Waals surface area contributed by atoms with Gasteiger partial charge in [0.1, 0.15) is 0 Å². The second-order valence-corrected chi connectivity index (χ2v) is 3.12. The predicted molar refractivity (Wildman–Crippen MR) is 75.0 cm³/mol. The van der Waals surface area contributed by atoms with Crippen molar-refractivity contribution in [3.05, 3.63) is 41.5 Å². The lowest BCUT2D eigenvalue weighted by Gasteiger charge is -2.03. The molecule has 1 heteroatoms. The molecule has 0 N–H and O–H groups in total. The molecule has 0 radical (unpaired) electrons. The second kappa shape index (κ2) is 8.90. The van der Waals surface area contributed by atoms with E-state index in [0.717, 1.165) is 12.1 Å². The Morgan fingerprint density at radius 2 is 1.94 bits per heavy atom. The van der Waals surface area contributed by atoms with Crippen molar-refractivity contribution < 1.29 is 0 Å². The number of nitrogens with zero attached hydrogens (tertiary/aromatic N) is 1. The molecule has 1 aromatic rings. The van der Waals surface area contributed by atoms with Gasteiger partial charge in [-0.2, -0.15) is 0 Å². The molecule has 1 nitrogen and oxygen atoms in total. The highest BCUT2D eigenvalue weighted by Crippen LogP contribution is 2.17. The number of rotatable bonds is 3. The average molecular weight is 217 g/mol. The molecular weight excluding hydrogens is 194 g/mol. The van der Waals surface area contributed by atoms with Crippen LogP contribution < -0.4 is 0 Å². The van der Waals surface area contributed by atoms with Crippen LogP contribution >= 0.6 is 0 Å².